The largest absolute Gasteiger partial charge is 0.465 e. The van der Waals surface area contributed by atoms with E-state index in [1.807, 2.05) is 6.08 Å². The molecule has 0 spiro atoms. The number of allylic oxidation sites excluding steroid dienone is 3. The van der Waals surface area contributed by atoms with Crippen LogP contribution in [0.1, 0.15) is 32.6 Å². The molecule has 1 unspecified atom stereocenters. The van der Waals surface area contributed by atoms with Gasteiger partial charge >= 0.3 is 5.97 Å². The topological polar surface area (TPSA) is 43.4 Å². The summed E-state index contributed by atoms with van der Waals surface area (Å²) in [6.07, 6.45) is 7.49. The third-order valence-electron chi connectivity index (χ3n) is 3.60. The molecule has 0 aromatic heterocycles. The highest BCUT2D eigenvalue weighted by molar-refractivity contribution is 6.23. The van der Waals surface area contributed by atoms with Crippen LogP contribution in [0.25, 0.3) is 0 Å². The van der Waals surface area contributed by atoms with Gasteiger partial charge in [-0.25, -0.2) is 4.79 Å². The van der Waals surface area contributed by atoms with Gasteiger partial charge in [0.25, 0.3) is 0 Å². The molecule has 0 aliphatic heterocycles. The lowest BCUT2D eigenvalue weighted by atomic mass is 9.67. The van der Waals surface area contributed by atoms with Crippen molar-refractivity contribution in [1.29, 1.82) is 0 Å². The van der Waals surface area contributed by atoms with E-state index in [0.29, 0.717) is 0 Å². The molecule has 1 fully saturated rings. The minimum Gasteiger partial charge on any atom is -0.465 e. The number of carbonyl (C=O) groups is 2. The smallest absolute Gasteiger partial charge is 0.341 e. The van der Waals surface area contributed by atoms with Crippen LogP contribution in [-0.4, -0.2) is 18.9 Å². The van der Waals surface area contributed by atoms with Crippen molar-refractivity contribution in [1.82, 2.24) is 0 Å². The summed E-state index contributed by atoms with van der Waals surface area (Å²) in [5.74, 6) is -0.696. The van der Waals surface area contributed by atoms with Gasteiger partial charge in [-0.3, -0.25) is 4.79 Å². The highest BCUT2D eigenvalue weighted by Crippen LogP contribution is 2.45. The van der Waals surface area contributed by atoms with Crippen LogP contribution in [0.2, 0.25) is 0 Å². The summed E-state index contributed by atoms with van der Waals surface area (Å²) in [6.45, 7) is 2.09. The molecule has 2 aliphatic carbocycles. The predicted octanol–water partition coefficient (Wildman–Crippen LogP) is 2.18. The third-order valence-corrected chi connectivity index (χ3v) is 3.60. The van der Waals surface area contributed by atoms with Crippen molar-refractivity contribution < 1.29 is 14.3 Å². The molecule has 0 aromatic rings. The maximum absolute atomic E-state index is 11.7. The molecule has 16 heavy (non-hydrogen) atoms. The summed E-state index contributed by atoms with van der Waals surface area (Å²) in [4.78, 5) is 23.4. The lowest BCUT2D eigenvalue weighted by Gasteiger charge is -2.37. The van der Waals surface area contributed by atoms with Gasteiger partial charge in [0.05, 0.1) is 7.11 Å². The third kappa shape index (κ3) is 1.60. The van der Waals surface area contributed by atoms with Crippen molar-refractivity contribution in [3.05, 3.63) is 23.3 Å². The SMILES string of the molecule is COC(=O)C1=C2CCCCC2(C)C=CC1=O. The first-order valence-electron chi connectivity index (χ1n) is 5.64. The zero-order chi connectivity index (χ0) is 11.8. The minimum absolute atomic E-state index is 0.115. The lowest BCUT2D eigenvalue weighted by molar-refractivity contribution is -0.137. The fourth-order valence-electron chi connectivity index (χ4n) is 2.64. The Morgan fingerprint density at radius 1 is 1.44 bits per heavy atom. The Morgan fingerprint density at radius 3 is 2.88 bits per heavy atom. The first-order chi connectivity index (χ1) is 7.58. The zero-order valence-electron chi connectivity index (χ0n) is 9.71. The maximum atomic E-state index is 11.7. The Balaban J connectivity index is 2.50. The Bertz CT molecular complexity index is 403. The quantitative estimate of drug-likeness (QED) is 0.502. The molecular formula is C13H16O3. The monoisotopic (exact) mass is 220 g/mol. The van der Waals surface area contributed by atoms with Crippen molar-refractivity contribution in [3.63, 3.8) is 0 Å². The highest BCUT2D eigenvalue weighted by Gasteiger charge is 2.38. The van der Waals surface area contributed by atoms with Crippen LogP contribution in [-0.2, 0) is 14.3 Å². The number of fused-ring (bicyclic) bond motifs is 1. The van der Waals surface area contributed by atoms with Crippen molar-refractivity contribution in [2.24, 2.45) is 5.41 Å². The van der Waals surface area contributed by atoms with E-state index in [-0.39, 0.29) is 16.8 Å². The average Bonchev–Trinajstić information content (AvgIpc) is 2.29. The van der Waals surface area contributed by atoms with Gasteiger partial charge in [-0.1, -0.05) is 19.4 Å². The van der Waals surface area contributed by atoms with Crippen molar-refractivity contribution in [3.8, 4) is 0 Å². The maximum Gasteiger partial charge on any atom is 0.341 e. The van der Waals surface area contributed by atoms with Crippen LogP contribution in [0.3, 0.4) is 0 Å². The number of hydrogen-bond acceptors (Lipinski definition) is 3. The molecule has 0 N–H and O–H groups in total. The Morgan fingerprint density at radius 2 is 2.19 bits per heavy atom. The molecule has 0 saturated heterocycles. The number of esters is 1. The highest BCUT2D eigenvalue weighted by atomic mass is 16.5. The second kappa shape index (κ2) is 3.89. The second-order valence-corrected chi connectivity index (χ2v) is 4.67. The Hall–Kier alpha value is -1.38. The molecule has 0 aromatic carbocycles. The standard InChI is InChI=1S/C13H16O3/c1-13-7-4-3-5-9(13)11(12(15)16-2)10(14)6-8-13/h6,8H,3-5,7H2,1-2H3. The fraction of sp³-hybridized carbons (Fsp3) is 0.538. The Labute approximate surface area is 95.2 Å². The van der Waals surface area contributed by atoms with E-state index in [4.69, 9.17) is 4.74 Å². The van der Waals surface area contributed by atoms with Crippen molar-refractivity contribution in [2.45, 2.75) is 32.6 Å². The molecule has 2 rings (SSSR count). The number of ether oxygens (including phenoxy) is 1. The van der Waals surface area contributed by atoms with Crippen LogP contribution >= 0.6 is 0 Å². The van der Waals surface area contributed by atoms with E-state index < -0.39 is 5.97 Å². The average molecular weight is 220 g/mol. The molecule has 0 radical (unpaired) electrons. The summed E-state index contributed by atoms with van der Waals surface area (Å²) in [5, 5.41) is 0. The summed E-state index contributed by atoms with van der Waals surface area (Å²) in [6, 6.07) is 0. The molecule has 1 saturated carbocycles. The van der Waals surface area contributed by atoms with Gasteiger partial charge in [0, 0.05) is 5.41 Å². The summed E-state index contributed by atoms with van der Waals surface area (Å²) in [5.41, 5.74) is 1.13. The molecule has 3 heteroatoms. The lowest BCUT2D eigenvalue weighted by Crippen LogP contribution is -2.30. The first kappa shape index (κ1) is 11.1. The van der Waals surface area contributed by atoms with Gasteiger partial charge in [0.15, 0.2) is 5.78 Å². The number of rotatable bonds is 1. The fourth-order valence-corrected chi connectivity index (χ4v) is 2.64. The van der Waals surface area contributed by atoms with E-state index >= 15 is 0 Å². The molecular weight excluding hydrogens is 204 g/mol. The molecule has 2 aliphatic rings. The van der Waals surface area contributed by atoms with Crippen molar-refractivity contribution in [2.75, 3.05) is 7.11 Å². The zero-order valence-corrected chi connectivity index (χ0v) is 9.71. The van der Waals surface area contributed by atoms with E-state index in [1.54, 1.807) is 0 Å². The number of methoxy groups -OCH3 is 1. The molecule has 1 atom stereocenters. The molecule has 0 heterocycles. The van der Waals surface area contributed by atoms with E-state index in [9.17, 15) is 9.59 Å². The van der Waals surface area contributed by atoms with E-state index in [2.05, 4.69) is 6.92 Å². The summed E-state index contributed by atoms with van der Waals surface area (Å²) in [7, 11) is 1.32. The Kier molecular flexibility index (Phi) is 2.70. The number of ketones is 1. The van der Waals surface area contributed by atoms with Gasteiger partial charge in [0.1, 0.15) is 5.57 Å². The summed E-state index contributed by atoms with van der Waals surface area (Å²) < 4.78 is 4.70. The van der Waals surface area contributed by atoms with Crippen LogP contribution in [0.15, 0.2) is 23.3 Å². The van der Waals surface area contributed by atoms with Gasteiger partial charge in [-0.2, -0.15) is 0 Å². The van der Waals surface area contributed by atoms with E-state index in [0.717, 1.165) is 31.3 Å². The van der Waals surface area contributed by atoms with Crippen LogP contribution in [0.5, 0.6) is 0 Å². The molecule has 0 bridgehead atoms. The van der Waals surface area contributed by atoms with E-state index in [1.165, 1.54) is 13.2 Å². The number of carbonyl (C=O) groups excluding carboxylic acids is 2. The molecule has 0 amide bonds. The second-order valence-electron chi connectivity index (χ2n) is 4.67. The van der Waals surface area contributed by atoms with Gasteiger partial charge < -0.3 is 4.74 Å². The van der Waals surface area contributed by atoms with Gasteiger partial charge in [-0.05, 0) is 30.9 Å². The van der Waals surface area contributed by atoms with Gasteiger partial charge in [0.2, 0.25) is 0 Å². The minimum atomic E-state index is -0.488. The van der Waals surface area contributed by atoms with Crippen LogP contribution < -0.4 is 0 Å². The first-order valence-corrected chi connectivity index (χ1v) is 5.64. The normalized spacial score (nSPS) is 29.0. The van der Waals surface area contributed by atoms with Crippen LogP contribution in [0, 0.1) is 5.41 Å². The van der Waals surface area contributed by atoms with Gasteiger partial charge in [-0.15, -0.1) is 0 Å². The number of hydrogen-bond donors (Lipinski definition) is 0. The predicted molar refractivity (Wildman–Crippen MR) is 59.8 cm³/mol. The van der Waals surface area contributed by atoms with Crippen LogP contribution in [0.4, 0.5) is 0 Å². The molecule has 86 valence electrons. The summed E-state index contributed by atoms with van der Waals surface area (Å²) >= 11 is 0. The molecule has 3 nitrogen and oxygen atoms in total. The van der Waals surface area contributed by atoms with Crippen molar-refractivity contribution >= 4 is 11.8 Å².